The van der Waals surface area contributed by atoms with E-state index in [1.165, 1.54) is 4.88 Å². The molecule has 2 bridgehead atoms. The van der Waals surface area contributed by atoms with Gasteiger partial charge in [-0.25, -0.2) is 0 Å². The van der Waals surface area contributed by atoms with Gasteiger partial charge in [0.2, 0.25) is 11.8 Å². The molecule has 2 amide bonds. The Hall–Kier alpha value is -2.32. The molecule has 0 aromatic carbocycles. The molecule has 3 fully saturated rings. The molecule has 3 saturated heterocycles. The fraction of sp³-hybridized carbons (Fsp3) is 0.565. The summed E-state index contributed by atoms with van der Waals surface area (Å²) in [6.45, 7) is 3.30. The number of amides is 2. The maximum atomic E-state index is 13.4. The molecule has 3 aliphatic rings. The van der Waals surface area contributed by atoms with Gasteiger partial charge in [-0.1, -0.05) is 6.07 Å². The molecule has 0 radical (unpaired) electrons. The molecule has 31 heavy (non-hydrogen) atoms. The van der Waals surface area contributed by atoms with Crippen LogP contribution in [-0.4, -0.2) is 63.3 Å². The van der Waals surface area contributed by atoms with Gasteiger partial charge in [0.15, 0.2) is 0 Å². The van der Waals surface area contributed by atoms with Crippen LogP contribution in [0.25, 0.3) is 0 Å². The lowest BCUT2D eigenvalue weighted by Crippen LogP contribution is -2.68. The number of likely N-dealkylation sites (tertiary alicyclic amines) is 1. The average molecular weight is 440 g/mol. The van der Waals surface area contributed by atoms with Crippen LogP contribution in [-0.2, 0) is 22.6 Å². The van der Waals surface area contributed by atoms with E-state index in [0.29, 0.717) is 18.9 Å². The Morgan fingerprint density at radius 3 is 2.94 bits per heavy atom. The fourth-order valence-corrected chi connectivity index (χ4v) is 6.38. The van der Waals surface area contributed by atoms with Gasteiger partial charge in [0.25, 0.3) is 0 Å². The minimum absolute atomic E-state index is 0.00669. The van der Waals surface area contributed by atoms with Crippen LogP contribution in [0, 0.1) is 11.8 Å². The summed E-state index contributed by atoms with van der Waals surface area (Å²) in [7, 11) is 0. The van der Waals surface area contributed by atoms with Gasteiger partial charge in [-0.15, -0.1) is 11.3 Å². The molecule has 8 heteroatoms. The van der Waals surface area contributed by atoms with Crippen molar-refractivity contribution in [3.8, 4) is 0 Å². The number of carbonyl (C=O) groups is 2. The predicted molar refractivity (Wildman–Crippen MR) is 118 cm³/mol. The number of aromatic nitrogens is 2. The van der Waals surface area contributed by atoms with Crippen LogP contribution >= 0.6 is 11.3 Å². The normalized spacial score (nSPS) is 28.3. The molecule has 4 atom stereocenters. The molecule has 0 spiro atoms. The second-order valence-corrected chi connectivity index (χ2v) is 10.00. The number of hydrogen-bond acceptors (Lipinski definition) is 6. The standard InChI is InChI=1S/C23H29N5O2S/c29-21-5-1-4-20-17-9-18(13-27(12-17)14-19-11-25-15-31-19)22(28(20)21)23(30)26-8-6-16-3-2-7-24-10-16/h2-3,7,10-11,15,17-18,20,22H,1,4-6,8-9,12-14H2,(H,26,30)/t17-,18+,20-,22+/m0/s1. The zero-order valence-electron chi connectivity index (χ0n) is 17.7. The molecule has 164 valence electrons. The lowest BCUT2D eigenvalue weighted by molar-refractivity contribution is -0.160. The molecule has 5 rings (SSSR count). The van der Waals surface area contributed by atoms with Crippen LogP contribution in [0.1, 0.15) is 36.1 Å². The summed E-state index contributed by atoms with van der Waals surface area (Å²) in [6, 6.07) is 3.77. The molecule has 5 heterocycles. The number of carbonyl (C=O) groups excluding carboxylic acids is 2. The number of piperidine rings is 3. The Balaban J connectivity index is 1.31. The van der Waals surface area contributed by atoms with Gasteiger partial charge in [0.1, 0.15) is 6.04 Å². The van der Waals surface area contributed by atoms with Gasteiger partial charge in [0, 0.05) is 68.0 Å². The summed E-state index contributed by atoms with van der Waals surface area (Å²) in [5.41, 5.74) is 2.98. The Bertz CT molecular complexity index is 906. The van der Waals surface area contributed by atoms with Gasteiger partial charge in [0.05, 0.1) is 5.51 Å². The van der Waals surface area contributed by atoms with E-state index >= 15 is 0 Å². The van der Waals surface area contributed by atoms with Crippen LogP contribution in [0.4, 0.5) is 0 Å². The van der Waals surface area contributed by atoms with Crippen molar-refractivity contribution in [3.63, 3.8) is 0 Å². The molecule has 0 aliphatic carbocycles. The third kappa shape index (κ3) is 4.36. The third-order valence-corrected chi connectivity index (χ3v) is 7.75. The maximum Gasteiger partial charge on any atom is 0.243 e. The van der Waals surface area contributed by atoms with E-state index in [4.69, 9.17) is 0 Å². The summed E-state index contributed by atoms with van der Waals surface area (Å²) in [6.07, 6.45) is 9.82. The smallest absolute Gasteiger partial charge is 0.243 e. The van der Waals surface area contributed by atoms with E-state index < -0.39 is 0 Å². The lowest BCUT2D eigenvalue weighted by Gasteiger charge is -2.55. The fourth-order valence-electron chi connectivity index (χ4n) is 5.74. The first-order valence-electron chi connectivity index (χ1n) is 11.3. The Morgan fingerprint density at radius 1 is 1.23 bits per heavy atom. The highest BCUT2D eigenvalue weighted by molar-refractivity contribution is 7.09. The first-order chi connectivity index (χ1) is 15.2. The van der Waals surface area contributed by atoms with Crippen LogP contribution in [0.3, 0.4) is 0 Å². The second kappa shape index (κ2) is 9.04. The average Bonchev–Trinajstić information content (AvgIpc) is 3.28. The number of hydrogen-bond donors (Lipinski definition) is 1. The Morgan fingerprint density at radius 2 is 2.13 bits per heavy atom. The van der Waals surface area contributed by atoms with Crippen LogP contribution < -0.4 is 5.32 Å². The number of rotatable bonds is 6. The van der Waals surface area contributed by atoms with Crippen LogP contribution in [0.15, 0.2) is 36.2 Å². The number of thiazole rings is 1. The van der Waals surface area contributed by atoms with Gasteiger partial charge in [-0.2, -0.15) is 0 Å². The first-order valence-corrected chi connectivity index (χ1v) is 12.1. The van der Waals surface area contributed by atoms with Crippen molar-refractivity contribution >= 4 is 23.2 Å². The van der Waals surface area contributed by atoms with Crippen molar-refractivity contribution in [1.29, 1.82) is 0 Å². The molecule has 0 saturated carbocycles. The van der Waals surface area contributed by atoms with Crippen LogP contribution in [0.5, 0.6) is 0 Å². The van der Waals surface area contributed by atoms with Crippen molar-refractivity contribution in [3.05, 3.63) is 46.7 Å². The van der Waals surface area contributed by atoms with E-state index in [2.05, 4.69) is 20.2 Å². The molecule has 7 nitrogen and oxygen atoms in total. The summed E-state index contributed by atoms with van der Waals surface area (Å²) in [5.74, 6) is 0.806. The summed E-state index contributed by atoms with van der Waals surface area (Å²) in [5, 5.41) is 3.13. The van der Waals surface area contributed by atoms with E-state index in [0.717, 1.165) is 50.9 Å². The van der Waals surface area contributed by atoms with Crippen molar-refractivity contribution < 1.29 is 9.59 Å². The summed E-state index contributed by atoms with van der Waals surface area (Å²) >= 11 is 1.68. The molecule has 2 aromatic heterocycles. The zero-order valence-corrected chi connectivity index (χ0v) is 18.5. The SMILES string of the molecule is O=C(NCCc1cccnc1)[C@H]1[C@@H]2C[C@@H](CN(Cc3cncs3)C2)[C@@H]2CCCC(=O)N21. The van der Waals surface area contributed by atoms with Crippen molar-refractivity contribution in [1.82, 2.24) is 25.1 Å². The molecule has 0 unspecified atom stereocenters. The zero-order chi connectivity index (χ0) is 21.2. The second-order valence-electron chi connectivity index (χ2n) is 9.03. The monoisotopic (exact) mass is 439 g/mol. The molecule has 3 aliphatic heterocycles. The maximum absolute atomic E-state index is 13.4. The number of pyridine rings is 1. The van der Waals surface area contributed by atoms with Gasteiger partial charge in [-0.05, 0) is 43.2 Å². The molecule has 1 N–H and O–H groups in total. The topological polar surface area (TPSA) is 78.4 Å². The molecular formula is C23H29N5O2S. The van der Waals surface area contributed by atoms with E-state index in [1.54, 1.807) is 17.5 Å². The first kappa shape index (κ1) is 20.6. The van der Waals surface area contributed by atoms with Gasteiger partial charge >= 0.3 is 0 Å². The minimum atomic E-state index is -0.354. The highest BCUT2D eigenvalue weighted by Gasteiger charge is 2.51. The highest BCUT2D eigenvalue weighted by Crippen LogP contribution is 2.42. The van der Waals surface area contributed by atoms with Crippen molar-refractivity contribution in [2.75, 3.05) is 19.6 Å². The lowest BCUT2D eigenvalue weighted by atomic mass is 9.71. The third-order valence-electron chi connectivity index (χ3n) is 6.98. The van der Waals surface area contributed by atoms with E-state index in [9.17, 15) is 9.59 Å². The van der Waals surface area contributed by atoms with Gasteiger partial charge in [-0.3, -0.25) is 24.5 Å². The summed E-state index contributed by atoms with van der Waals surface area (Å²) in [4.78, 5) is 40.3. The largest absolute Gasteiger partial charge is 0.354 e. The van der Waals surface area contributed by atoms with Crippen LogP contribution in [0.2, 0.25) is 0 Å². The highest BCUT2D eigenvalue weighted by atomic mass is 32.1. The van der Waals surface area contributed by atoms with Crippen molar-refractivity contribution in [2.45, 2.75) is 50.7 Å². The summed E-state index contributed by atoms with van der Waals surface area (Å²) < 4.78 is 0. The number of nitrogens with one attached hydrogen (secondary N) is 1. The number of nitrogens with zero attached hydrogens (tertiary/aromatic N) is 4. The minimum Gasteiger partial charge on any atom is -0.354 e. The van der Waals surface area contributed by atoms with E-state index in [1.807, 2.05) is 34.9 Å². The quantitative estimate of drug-likeness (QED) is 0.746. The van der Waals surface area contributed by atoms with Crippen molar-refractivity contribution in [2.24, 2.45) is 11.8 Å². The van der Waals surface area contributed by atoms with Gasteiger partial charge < -0.3 is 10.2 Å². The van der Waals surface area contributed by atoms with E-state index in [-0.39, 0.29) is 29.8 Å². The Kier molecular flexibility index (Phi) is 6.00. The number of fused-ring (bicyclic) bond motifs is 4. The molecular weight excluding hydrogens is 410 g/mol. The molecule has 2 aromatic rings. The Labute approximate surface area is 186 Å². The predicted octanol–water partition coefficient (Wildman–Crippen LogP) is 2.10.